The van der Waals surface area contributed by atoms with Gasteiger partial charge in [0.2, 0.25) is 0 Å². The van der Waals surface area contributed by atoms with Crippen LogP contribution in [-0.4, -0.2) is 30.6 Å². The van der Waals surface area contributed by atoms with Gasteiger partial charge in [-0.25, -0.2) is 9.69 Å². The van der Waals surface area contributed by atoms with Gasteiger partial charge in [0.05, 0.1) is 17.3 Å². The van der Waals surface area contributed by atoms with Gasteiger partial charge in [-0.3, -0.25) is 4.79 Å². The average molecular weight is 270 g/mol. The summed E-state index contributed by atoms with van der Waals surface area (Å²) < 4.78 is 0. The summed E-state index contributed by atoms with van der Waals surface area (Å²) in [5.41, 5.74) is 0.0849. The van der Waals surface area contributed by atoms with E-state index in [1.807, 2.05) is 6.07 Å². The summed E-state index contributed by atoms with van der Waals surface area (Å²) in [6.45, 7) is 1.41. The van der Waals surface area contributed by atoms with Gasteiger partial charge in [0.15, 0.2) is 0 Å². The number of hydrogen-bond acceptors (Lipinski definition) is 4. The maximum Gasteiger partial charge on any atom is 0.329 e. The number of nitrogens with one attached hydrogen (secondary N) is 2. The molecule has 0 atom stereocenters. The van der Waals surface area contributed by atoms with Crippen molar-refractivity contribution >= 4 is 17.6 Å². The second kappa shape index (κ2) is 4.62. The molecule has 6 heteroatoms. The molecule has 1 spiro atoms. The number of anilines is 1. The number of piperidine rings is 1. The highest BCUT2D eigenvalue weighted by Crippen LogP contribution is 2.30. The molecule has 2 fully saturated rings. The summed E-state index contributed by atoms with van der Waals surface area (Å²) in [4.78, 5) is 25.9. The van der Waals surface area contributed by atoms with E-state index in [0.29, 0.717) is 37.2 Å². The van der Waals surface area contributed by atoms with Gasteiger partial charge >= 0.3 is 6.03 Å². The Labute approximate surface area is 116 Å². The van der Waals surface area contributed by atoms with Gasteiger partial charge in [0, 0.05) is 0 Å². The van der Waals surface area contributed by atoms with Gasteiger partial charge in [-0.05, 0) is 44.1 Å². The largest absolute Gasteiger partial charge is 0.329 e. The van der Waals surface area contributed by atoms with E-state index < -0.39 is 11.6 Å². The molecule has 0 bridgehead atoms. The predicted molar refractivity (Wildman–Crippen MR) is 72.0 cm³/mol. The molecule has 20 heavy (non-hydrogen) atoms. The SMILES string of the molecule is N#Cc1cccc(N2C(=O)NC3(CCNCC3)C2=O)c1. The third-order valence-electron chi connectivity index (χ3n) is 3.85. The maximum absolute atomic E-state index is 12.6. The van der Waals surface area contributed by atoms with Gasteiger partial charge < -0.3 is 10.6 Å². The predicted octanol–water partition coefficient (Wildman–Crippen LogP) is 0.737. The summed E-state index contributed by atoms with van der Waals surface area (Å²) in [7, 11) is 0. The fourth-order valence-corrected chi connectivity index (χ4v) is 2.76. The Bertz CT molecular complexity index is 614. The molecule has 6 nitrogen and oxygen atoms in total. The van der Waals surface area contributed by atoms with Crippen molar-refractivity contribution in [1.82, 2.24) is 10.6 Å². The average Bonchev–Trinajstić information content (AvgIpc) is 2.71. The number of rotatable bonds is 1. The van der Waals surface area contributed by atoms with E-state index in [4.69, 9.17) is 5.26 Å². The van der Waals surface area contributed by atoms with Crippen LogP contribution in [0, 0.1) is 11.3 Å². The zero-order chi connectivity index (χ0) is 14.2. The highest BCUT2D eigenvalue weighted by molar-refractivity contribution is 6.23. The number of nitrogens with zero attached hydrogens (tertiary/aromatic N) is 2. The standard InChI is InChI=1S/C14H14N4O2/c15-9-10-2-1-3-11(8-10)18-12(19)14(17-13(18)20)4-6-16-7-5-14/h1-3,8,16H,4-7H2,(H,17,20). The van der Waals surface area contributed by atoms with Crippen molar-refractivity contribution in [3.63, 3.8) is 0 Å². The first kappa shape index (κ1) is 12.6. The number of carbonyl (C=O) groups is 2. The highest BCUT2D eigenvalue weighted by Gasteiger charge is 2.51. The van der Waals surface area contributed by atoms with Crippen LogP contribution in [0.1, 0.15) is 18.4 Å². The molecule has 1 aromatic carbocycles. The lowest BCUT2D eigenvalue weighted by atomic mass is 9.88. The Morgan fingerprint density at radius 2 is 2.00 bits per heavy atom. The van der Waals surface area contributed by atoms with Crippen molar-refractivity contribution < 1.29 is 9.59 Å². The number of nitriles is 1. The zero-order valence-corrected chi connectivity index (χ0v) is 10.8. The lowest BCUT2D eigenvalue weighted by Crippen LogP contribution is -2.53. The minimum Gasteiger partial charge on any atom is -0.323 e. The Morgan fingerprint density at radius 3 is 2.70 bits per heavy atom. The quantitative estimate of drug-likeness (QED) is 0.737. The van der Waals surface area contributed by atoms with Crippen LogP contribution in [0.2, 0.25) is 0 Å². The second-order valence-corrected chi connectivity index (χ2v) is 5.06. The molecule has 102 valence electrons. The van der Waals surface area contributed by atoms with E-state index in [1.165, 1.54) is 0 Å². The fraction of sp³-hybridized carbons (Fsp3) is 0.357. The topological polar surface area (TPSA) is 85.2 Å². The van der Waals surface area contributed by atoms with Crippen molar-refractivity contribution in [2.24, 2.45) is 0 Å². The summed E-state index contributed by atoms with van der Waals surface area (Å²) in [6.07, 6.45) is 1.18. The summed E-state index contributed by atoms with van der Waals surface area (Å²) in [5, 5.41) is 14.9. The van der Waals surface area contributed by atoms with E-state index in [1.54, 1.807) is 24.3 Å². The van der Waals surface area contributed by atoms with E-state index >= 15 is 0 Å². The number of amides is 3. The smallest absolute Gasteiger partial charge is 0.323 e. The molecular weight excluding hydrogens is 256 g/mol. The van der Waals surface area contributed by atoms with Crippen LogP contribution >= 0.6 is 0 Å². The molecule has 0 aromatic heterocycles. The van der Waals surface area contributed by atoms with Crippen LogP contribution in [-0.2, 0) is 4.79 Å². The van der Waals surface area contributed by atoms with Crippen LogP contribution in [0.3, 0.4) is 0 Å². The third-order valence-corrected chi connectivity index (χ3v) is 3.85. The van der Waals surface area contributed by atoms with Gasteiger partial charge in [0.1, 0.15) is 5.54 Å². The first-order valence-electron chi connectivity index (χ1n) is 6.54. The second-order valence-electron chi connectivity index (χ2n) is 5.06. The van der Waals surface area contributed by atoms with Crippen LogP contribution in [0.25, 0.3) is 0 Å². The normalized spacial score (nSPS) is 20.9. The Hall–Kier alpha value is -2.39. The first-order chi connectivity index (χ1) is 9.66. The molecule has 0 aliphatic carbocycles. The molecular formula is C14H14N4O2. The molecule has 2 saturated heterocycles. The Morgan fingerprint density at radius 1 is 1.25 bits per heavy atom. The molecule has 2 aliphatic heterocycles. The van der Waals surface area contributed by atoms with Gasteiger partial charge in [0.25, 0.3) is 5.91 Å². The van der Waals surface area contributed by atoms with Crippen LogP contribution in [0.4, 0.5) is 10.5 Å². The number of hydrogen-bond donors (Lipinski definition) is 2. The Balaban J connectivity index is 1.96. The van der Waals surface area contributed by atoms with E-state index in [2.05, 4.69) is 10.6 Å². The summed E-state index contributed by atoms with van der Waals surface area (Å²) in [6, 6.07) is 8.13. The fourth-order valence-electron chi connectivity index (χ4n) is 2.76. The van der Waals surface area contributed by atoms with Gasteiger partial charge in [-0.15, -0.1) is 0 Å². The monoisotopic (exact) mass is 270 g/mol. The van der Waals surface area contributed by atoms with Gasteiger partial charge in [-0.2, -0.15) is 5.26 Å². The van der Waals surface area contributed by atoms with Crippen molar-refractivity contribution in [2.45, 2.75) is 18.4 Å². The molecule has 0 unspecified atom stereocenters. The minimum absolute atomic E-state index is 0.223. The van der Waals surface area contributed by atoms with Crippen LogP contribution in [0.5, 0.6) is 0 Å². The third kappa shape index (κ3) is 1.84. The lowest BCUT2D eigenvalue weighted by molar-refractivity contribution is -0.122. The molecule has 2 heterocycles. The number of benzene rings is 1. The maximum atomic E-state index is 12.6. The minimum atomic E-state index is -0.787. The zero-order valence-electron chi connectivity index (χ0n) is 10.8. The number of urea groups is 1. The number of carbonyl (C=O) groups excluding carboxylic acids is 2. The highest BCUT2D eigenvalue weighted by atomic mass is 16.2. The van der Waals surface area contributed by atoms with Crippen LogP contribution < -0.4 is 15.5 Å². The molecule has 3 rings (SSSR count). The molecule has 2 N–H and O–H groups in total. The number of imide groups is 1. The van der Waals surface area contributed by atoms with Crippen LogP contribution in [0.15, 0.2) is 24.3 Å². The lowest BCUT2D eigenvalue weighted by Gasteiger charge is -2.31. The van der Waals surface area contributed by atoms with Crippen molar-refractivity contribution in [2.75, 3.05) is 18.0 Å². The van der Waals surface area contributed by atoms with Crippen molar-refractivity contribution in [1.29, 1.82) is 5.26 Å². The molecule has 3 amide bonds. The molecule has 2 aliphatic rings. The van der Waals surface area contributed by atoms with E-state index in [9.17, 15) is 9.59 Å². The van der Waals surface area contributed by atoms with E-state index in [0.717, 1.165) is 4.90 Å². The Kier molecular flexibility index (Phi) is 2.92. The summed E-state index contributed by atoms with van der Waals surface area (Å²) in [5.74, 6) is -0.223. The first-order valence-corrected chi connectivity index (χ1v) is 6.54. The summed E-state index contributed by atoms with van der Waals surface area (Å²) >= 11 is 0. The molecule has 1 aromatic rings. The van der Waals surface area contributed by atoms with E-state index in [-0.39, 0.29) is 5.91 Å². The van der Waals surface area contributed by atoms with Crippen molar-refractivity contribution in [3.05, 3.63) is 29.8 Å². The molecule has 0 saturated carbocycles. The molecule has 0 radical (unpaired) electrons. The van der Waals surface area contributed by atoms with Crippen molar-refractivity contribution in [3.8, 4) is 6.07 Å². The van der Waals surface area contributed by atoms with Gasteiger partial charge in [-0.1, -0.05) is 6.07 Å².